The highest BCUT2D eigenvalue weighted by Crippen LogP contribution is 2.18. The van der Waals surface area contributed by atoms with Crippen molar-refractivity contribution in [2.24, 2.45) is 5.10 Å². The van der Waals surface area contributed by atoms with Crippen molar-refractivity contribution in [3.05, 3.63) is 58.1 Å². The summed E-state index contributed by atoms with van der Waals surface area (Å²) in [6.07, 6.45) is 1.06. The molecule has 1 amide bonds. The van der Waals surface area contributed by atoms with Gasteiger partial charge in [0.05, 0.1) is 11.1 Å². The summed E-state index contributed by atoms with van der Waals surface area (Å²) >= 11 is 0. The lowest BCUT2D eigenvalue weighted by Gasteiger charge is -2.08. The monoisotopic (exact) mass is 339 g/mol. The van der Waals surface area contributed by atoms with Gasteiger partial charge in [-0.15, -0.1) is 0 Å². The van der Waals surface area contributed by atoms with Gasteiger partial charge in [-0.05, 0) is 17.7 Å². The number of rotatable bonds is 5. The van der Waals surface area contributed by atoms with Crippen LogP contribution in [0.25, 0.3) is 11.0 Å². The van der Waals surface area contributed by atoms with Crippen LogP contribution >= 0.6 is 0 Å². The van der Waals surface area contributed by atoms with E-state index in [9.17, 15) is 20.0 Å². The second-order valence-electron chi connectivity index (χ2n) is 4.99. The van der Waals surface area contributed by atoms with Gasteiger partial charge >= 0.3 is 0 Å². The molecule has 1 aromatic heterocycles. The number of carbonyl (C=O) groups is 1. The molecule has 0 unspecified atom stereocenters. The predicted molar refractivity (Wildman–Crippen MR) is 85.8 cm³/mol. The third-order valence-electron chi connectivity index (χ3n) is 3.21. The van der Waals surface area contributed by atoms with E-state index in [0.29, 0.717) is 11.0 Å². The maximum atomic E-state index is 11.8. The maximum Gasteiger partial charge on any atom is 0.270 e. The largest absolute Gasteiger partial charge is 0.872 e. The van der Waals surface area contributed by atoms with Crippen molar-refractivity contribution in [2.75, 3.05) is 0 Å². The molecular formula is C15H11N6O4-. The van der Waals surface area contributed by atoms with Crippen LogP contribution in [0.4, 0.5) is 5.69 Å². The molecule has 0 fully saturated rings. The van der Waals surface area contributed by atoms with Crippen molar-refractivity contribution in [3.8, 4) is 5.75 Å². The molecule has 3 rings (SSSR count). The van der Waals surface area contributed by atoms with E-state index in [-0.39, 0.29) is 17.8 Å². The van der Waals surface area contributed by atoms with Crippen LogP contribution in [0.1, 0.15) is 5.56 Å². The molecule has 2 aromatic carbocycles. The number of hydrogen-bond acceptors (Lipinski definition) is 7. The van der Waals surface area contributed by atoms with Crippen LogP contribution in [0.2, 0.25) is 0 Å². The van der Waals surface area contributed by atoms with Crippen LogP contribution in [0.3, 0.4) is 0 Å². The molecule has 0 saturated heterocycles. The average molecular weight is 339 g/mol. The number of carbonyl (C=O) groups excluding carboxylic acids is 1. The zero-order chi connectivity index (χ0) is 17.8. The Kier molecular flexibility index (Phi) is 4.33. The van der Waals surface area contributed by atoms with Gasteiger partial charge in [0.15, 0.2) is 0 Å². The Morgan fingerprint density at radius 2 is 1.92 bits per heavy atom. The Morgan fingerprint density at radius 3 is 2.56 bits per heavy atom. The molecule has 0 bridgehead atoms. The topological polar surface area (TPSA) is 138 Å². The molecule has 25 heavy (non-hydrogen) atoms. The number of hydrogen-bond donors (Lipinski definition) is 1. The minimum Gasteiger partial charge on any atom is -0.872 e. The van der Waals surface area contributed by atoms with Crippen LogP contribution in [0, 0.1) is 10.1 Å². The van der Waals surface area contributed by atoms with Crippen molar-refractivity contribution in [1.29, 1.82) is 0 Å². The Bertz CT molecular complexity index is 948. The van der Waals surface area contributed by atoms with E-state index in [1.165, 1.54) is 4.80 Å². The third-order valence-corrected chi connectivity index (χ3v) is 3.21. The summed E-state index contributed by atoms with van der Waals surface area (Å²) in [5.41, 5.74) is 3.30. The van der Waals surface area contributed by atoms with Crippen molar-refractivity contribution in [1.82, 2.24) is 20.4 Å². The van der Waals surface area contributed by atoms with Gasteiger partial charge < -0.3 is 5.11 Å². The van der Waals surface area contributed by atoms with Crippen LogP contribution in [-0.4, -0.2) is 32.0 Å². The predicted octanol–water partition coefficient (Wildman–Crippen LogP) is 0.563. The molecule has 0 saturated carbocycles. The fraction of sp³-hybridized carbons (Fsp3) is 0.0667. The summed E-state index contributed by atoms with van der Waals surface area (Å²) in [6.45, 7) is -0.162. The molecule has 0 radical (unpaired) electrons. The fourth-order valence-corrected chi connectivity index (χ4v) is 2.06. The van der Waals surface area contributed by atoms with Gasteiger partial charge in [0.25, 0.3) is 11.6 Å². The summed E-state index contributed by atoms with van der Waals surface area (Å²) in [5.74, 6) is -0.946. The van der Waals surface area contributed by atoms with E-state index in [4.69, 9.17) is 0 Å². The lowest BCUT2D eigenvalue weighted by Crippen LogP contribution is -2.24. The molecule has 1 N–H and O–H groups in total. The second kappa shape index (κ2) is 6.74. The molecule has 0 aliphatic carbocycles. The lowest BCUT2D eigenvalue weighted by atomic mass is 10.2. The van der Waals surface area contributed by atoms with Gasteiger partial charge in [-0.3, -0.25) is 14.9 Å². The SMILES string of the molecule is O=C(Cn1nc2ccccc2n1)NN=Cc1cc([N+](=O)[O-])ccc1[O-]. The molecular weight excluding hydrogens is 328 g/mol. The van der Waals surface area contributed by atoms with Crippen molar-refractivity contribution in [2.45, 2.75) is 6.54 Å². The van der Waals surface area contributed by atoms with E-state index in [2.05, 4.69) is 20.7 Å². The lowest BCUT2D eigenvalue weighted by molar-refractivity contribution is -0.385. The number of nitro groups is 1. The Balaban J connectivity index is 1.64. The summed E-state index contributed by atoms with van der Waals surface area (Å²) in [4.78, 5) is 23.1. The Hall–Kier alpha value is -3.82. The smallest absolute Gasteiger partial charge is 0.270 e. The highest BCUT2D eigenvalue weighted by atomic mass is 16.6. The number of non-ortho nitro benzene ring substituents is 1. The van der Waals surface area contributed by atoms with Crippen molar-refractivity contribution < 1.29 is 14.8 Å². The number of fused-ring (bicyclic) bond motifs is 1. The molecule has 1 heterocycles. The van der Waals surface area contributed by atoms with Gasteiger partial charge in [-0.25, -0.2) is 5.43 Å². The number of nitrogens with one attached hydrogen (secondary N) is 1. The van der Waals surface area contributed by atoms with E-state index in [1.54, 1.807) is 12.1 Å². The Morgan fingerprint density at radius 1 is 1.24 bits per heavy atom. The molecule has 0 aliphatic heterocycles. The summed E-state index contributed by atoms with van der Waals surface area (Å²) < 4.78 is 0. The van der Waals surface area contributed by atoms with Gasteiger partial charge in [-0.2, -0.15) is 20.1 Å². The van der Waals surface area contributed by atoms with Gasteiger partial charge in [0.1, 0.15) is 17.6 Å². The first-order valence-corrected chi connectivity index (χ1v) is 7.10. The van der Waals surface area contributed by atoms with Gasteiger partial charge in [0, 0.05) is 12.1 Å². The molecule has 126 valence electrons. The van der Waals surface area contributed by atoms with Crippen LogP contribution in [-0.2, 0) is 11.3 Å². The minimum absolute atomic E-state index is 0.00236. The van der Waals surface area contributed by atoms with E-state index >= 15 is 0 Å². The second-order valence-corrected chi connectivity index (χ2v) is 4.99. The number of benzene rings is 2. The zero-order valence-electron chi connectivity index (χ0n) is 12.7. The average Bonchev–Trinajstić information content (AvgIpc) is 2.98. The third kappa shape index (κ3) is 3.75. The zero-order valence-corrected chi connectivity index (χ0v) is 12.7. The molecule has 3 aromatic rings. The number of amides is 1. The Labute approximate surface area is 140 Å². The van der Waals surface area contributed by atoms with Crippen molar-refractivity contribution >= 4 is 28.8 Å². The molecule has 0 atom stereocenters. The first kappa shape index (κ1) is 16.1. The highest BCUT2D eigenvalue weighted by Gasteiger charge is 2.07. The molecule has 10 nitrogen and oxygen atoms in total. The fourth-order valence-electron chi connectivity index (χ4n) is 2.06. The van der Waals surface area contributed by atoms with E-state index in [0.717, 1.165) is 24.4 Å². The minimum atomic E-state index is -0.622. The maximum absolute atomic E-state index is 11.8. The standard InChI is InChI=1S/C15H12N6O4/c22-14-6-5-11(21(24)25)7-10(14)8-16-17-15(23)9-20-18-12-3-1-2-4-13(12)19-20/h1-8,22H,9H2,(H,17,23)/p-1. The number of aromatic nitrogens is 3. The molecule has 0 aliphatic rings. The number of nitro benzene ring substituents is 1. The normalized spacial score (nSPS) is 11.0. The number of hydrazone groups is 1. The van der Waals surface area contributed by atoms with Crippen LogP contribution < -0.4 is 10.5 Å². The van der Waals surface area contributed by atoms with Crippen LogP contribution in [0.5, 0.6) is 5.75 Å². The quantitative estimate of drug-likeness (QED) is 0.409. The molecule has 10 heteroatoms. The van der Waals surface area contributed by atoms with Crippen LogP contribution in [0.15, 0.2) is 47.6 Å². The van der Waals surface area contributed by atoms with E-state index < -0.39 is 16.6 Å². The summed E-state index contributed by atoms with van der Waals surface area (Å²) in [7, 11) is 0. The highest BCUT2D eigenvalue weighted by molar-refractivity contribution is 5.85. The van der Waals surface area contributed by atoms with Crippen molar-refractivity contribution in [3.63, 3.8) is 0 Å². The van der Waals surface area contributed by atoms with Gasteiger partial charge in [0.2, 0.25) is 0 Å². The first-order chi connectivity index (χ1) is 12.0. The summed E-state index contributed by atoms with van der Waals surface area (Å²) in [5, 5.41) is 34.2. The molecule has 0 spiro atoms. The van der Waals surface area contributed by atoms with Gasteiger partial charge in [-0.1, -0.05) is 23.9 Å². The summed E-state index contributed by atoms with van der Waals surface area (Å²) in [6, 6.07) is 10.4. The number of nitrogens with zero attached hydrogens (tertiary/aromatic N) is 5. The first-order valence-electron chi connectivity index (χ1n) is 7.10. The van der Waals surface area contributed by atoms with E-state index in [1.807, 2.05) is 12.1 Å².